The summed E-state index contributed by atoms with van der Waals surface area (Å²) in [7, 11) is 0. The van der Waals surface area contributed by atoms with Gasteiger partial charge in [-0.1, -0.05) is 81.1 Å². The molecular formula is C26H26N6OS. The normalized spacial score (nSPS) is 11.6. The van der Waals surface area contributed by atoms with Crippen molar-refractivity contribution in [1.82, 2.24) is 25.2 Å². The summed E-state index contributed by atoms with van der Waals surface area (Å²) in [5.74, 6) is 0.645. The summed E-state index contributed by atoms with van der Waals surface area (Å²) in [6.45, 7) is 6.57. The van der Waals surface area contributed by atoms with E-state index in [1.165, 1.54) is 17.3 Å². The smallest absolute Gasteiger partial charge is 0.250 e. The fourth-order valence-electron chi connectivity index (χ4n) is 3.27. The van der Waals surface area contributed by atoms with Gasteiger partial charge in [-0.25, -0.2) is 5.43 Å². The lowest BCUT2D eigenvalue weighted by molar-refractivity contribution is -0.118. The lowest BCUT2D eigenvalue weighted by Crippen LogP contribution is -2.20. The number of benzene rings is 2. The molecular weight excluding hydrogens is 444 g/mol. The third-order valence-electron chi connectivity index (χ3n) is 5.08. The number of amides is 1. The molecule has 7 nitrogen and oxygen atoms in total. The highest BCUT2D eigenvalue weighted by molar-refractivity contribution is 7.99. The number of nitrogens with one attached hydrogen (secondary N) is 1. The lowest BCUT2D eigenvalue weighted by atomic mass is 9.87. The third kappa shape index (κ3) is 5.77. The van der Waals surface area contributed by atoms with Crippen LogP contribution in [0.2, 0.25) is 0 Å². The van der Waals surface area contributed by atoms with Crippen molar-refractivity contribution < 1.29 is 4.79 Å². The average molecular weight is 471 g/mol. The molecule has 0 spiro atoms. The zero-order chi connectivity index (χ0) is 24.0. The number of carbonyl (C=O) groups is 1. The molecule has 0 aliphatic rings. The second kappa shape index (κ2) is 10.4. The van der Waals surface area contributed by atoms with Gasteiger partial charge in [0.25, 0.3) is 5.91 Å². The fraction of sp³-hybridized carbons (Fsp3) is 0.192. The van der Waals surface area contributed by atoms with E-state index in [9.17, 15) is 4.79 Å². The second-order valence-electron chi connectivity index (χ2n) is 8.67. The van der Waals surface area contributed by atoms with Crippen LogP contribution in [-0.4, -0.2) is 37.6 Å². The number of carbonyl (C=O) groups excluding carboxylic acids is 1. The second-order valence-corrected chi connectivity index (χ2v) is 9.62. The standard InChI is InChI=1S/C26H26N6OS/c1-26(2,3)21-13-11-20(12-14-21)24-30-31-25(32(24)22-9-5-4-6-10-22)34-18-23(33)29-28-17-19-8-7-15-27-16-19/h4-17H,18H2,1-3H3,(H,29,33)/b28-17+. The van der Waals surface area contributed by atoms with E-state index < -0.39 is 0 Å². The quantitative estimate of drug-likeness (QED) is 0.237. The SMILES string of the molecule is CC(C)(C)c1ccc(-c2nnc(SCC(=O)N/N=C/c3cccnc3)n2-c2ccccc2)cc1. The van der Waals surface area contributed by atoms with Gasteiger partial charge in [0.15, 0.2) is 11.0 Å². The minimum Gasteiger partial charge on any atom is -0.272 e. The first kappa shape index (κ1) is 23.4. The van der Waals surface area contributed by atoms with Gasteiger partial charge in [0.1, 0.15) is 0 Å². The van der Waals surface area contributed by atoms with Crippen LogP contribution in [0.3, 0.4) is 0 Å². The number of para-hydroxylation sites is 1. The molecule has 0 unspecified atom stereocenters. The summed E-state index contributed by atoms with van der Waals surface area (Å²) < 4.78 is 1.98. The molecule has 2 aromatic heterocycles. The predicted octanol–water partition coefficient (Wildman–Crippen LogP) is 4.87. The van der Waals surface area contributed by atoms with Crippen LogP contribution < -0.4 is 5.43 Å². The van der Waals surface area contributed by atoms with Crippen molar-refractivity contribution in [3.8, 4) is 17.1 Å². The molecule has 2 aromatic carbocycles. The highest BCUT2D eigenvalue weighted by Gasteiger charge is 2.19. The Balaban J connectivity index is 1.53. The number of thioether (sulfide) groups is 1. The molecule has 172 valence electrons. The molecule has 0 saturated heterocycles. The van der Waals surface area contributed by atoms with Crippen molar-refractivity contribution in [3.05, 3.63) is 90.3 Å². The molecule has 0 fully saturated rings. The largest absolute Gasteiger partial charge is 0.272 e. The molecule has 0 aliphatic carbocycles. The number of hydrogen-bond acceptors (Lipinski definition) is 6. The molecule has 0 aliphatic heterocycles. The summed E-state index contributed by atoms with van der Waals surface area (Å²) in [5.41, 5.74) is 6.56. The van der Waals surface area contributed by atoms with Crippen molar-refractivity contribution >= 4 is 23.9 Å². The Morgan fingerprint density at radius 2 is 1.79 bits per heavy atom. The molecule has 0 radical (unpaired) electrons. The minimum absolute atomic E-state index is 0.0690. The van der Waals surface area contributed by atoms with Crippen LogP contribution in [0.15, 0.2) is 89.4 Å². The average Bonchev–Trinajstić information content (AvgIpc) is 3.27. The van der Waals surface area contributed by atoms with Crippen LogP contribution in [0.5, 0.6) is 0 Å². The van der Waals surface area contributed by atoms with E-state index in [0.717, 1.165) is 22.6 Å². The van der Waals surface area contributed by atoms with E-state index in [1.807, 2.05) is 47.0 Å². The van der Waals surface area contributed by atoms with Gasteiger partial charge < -0.3 is 0 Å². The Hall–Kier alpha value is -3.78. The monoisotopic (exact) mass is 470 g/mol. The molecule has 0 bridgehead atoms. The van der Waals surface area contributed by atoms with Crippen LogP contribution in [-0.2, 0) is 10.2 Å². The maximum atomic E-state index is 12.3. The molecule has 8 heteroatoms. The molecule has 34 heavy (non-hydrogen) atoms. The van der Waals surface area contributed by atoms with Crippen molar-refractivity contribution in [3.63, 3.8) is 0 Å². The maximum Gasteiger partial charge on any atom is 0.250 e. The first-order valence-electron chi connectivity index (χ1n) is 10.9. The summed E-state index contributed by atoms with van der Waals surface area (Å²) >= 11 is 1.31. The summed E-state index contributed by atoms with van der Waals surface area (Å²) in [6, 6.07) is 21.9. The van der Waals surface area contributed by atoms with Crippen molar-refractivity contribution in [2.45, 2.75) is 31.3 Å². The zero-order valence-corrected chi connectivity index (χ0v) is 20.2. The Morgan fingerprint density at radius 3 is 2.47 bits per heavy atom. The van der Waals surface area contributed by atoms with Gasteiger partial charge in [0, 0.05) is 29.2 Å². The number of pyridine rings is 1. The van der Waals surface area contributed by atoms with Crippen molar-refractivity contribution in [2.24, 2.45) is 5.10 Å². The van der Waals surface area contributed by atoms with Gasteiger partial charge in [-0.3, -0.25) is 14.3 Å². The van der Waals surface area contributed by atoms with Gasteiger partial charge in [0.05, 0.1) is 12.0 Å². The lowest BCUT2D eigenvalue weighted by Gasteiger charge is -2.19. The number of aromatic nitrogens is 4. The van der Waals surface area contributed by atoms with E-state index in [0.29, 0.717) is 5.16 Å². The molecule has 0 saturated carbocycles. The van der Waals surface area contributed by atoms with E-state index in [2.05, 4.69) is 70.7 Å². The number of hydrazone groups is 1. The Kier molecular flexibility index (Phi) is 7.18. The van der Waals surface area contributed by atoms with Gasteiger partial charge in [-0.05, 0) is 29.2 Å². The van der Waals surface area contributed by atoms with E-state index in [-0.39, 0.29) is 17.1 Å². The van der Waals surface area contributed by atoms with Crippen molar-refractivity contribution in [2.75, 3.05) is 5.75 Å². The number of nitrogens with zero attached hydrogens (tertiary/aromatic N) is 5. The Bertz CT molecular complexity index is 1260. The van der Waals surface area contributed by atoms with E-state index in [4.69, 9.17) is 0 Å². The Labute approximate surface area is 203 Å². The zero-order valence-electron chi connectivity index (χ0n) is 19.3. The first-order valence-corrected chi connectivity index (χ1v) is 11.9. The van der Waals surface area contributed by atoms with Gasteiger partial charge in [-0.2, -0.15) is 5.10 Å². The number of hydrogen-bond donors (Lipinski definition) is 1. The van der Waals surface area contributed by atoms with E-state index >= 15 is 0 Å². The topological polar surface area (TPSA) is 85.1 Å². The van der Waals surface area contributed by atoms with Crippen molar-refractivity contribution in [1.29, 1.82) is 0 Å². The van der Waals surface area contributed by atoms with Gasteiger partial charge in [0.2, 0.25) is 0 Å². The third-order valence-corrected chi connectivity index (χ3v) is 6.01. The molecule has 0 atom stereocenters. The molecule has 1 amide bonds. The van der Waals surface area contributed by atoms with Crippen LogP contribution in [0.1, 0.15) is 31.9 Å². The predicted molar refractivity (Wildman–Crippen MR) is 136 cm³/mol. The minimum atomic E-state index is -0.233. The molecule has 2 heterocycles. The van der Waals surface area contributed by atoms with Crippen LogP contribution in [0, 0.1) is 0 Å². The van der Waals surface area contributed by atoms with Crippen LogP contribution in [0.4, 0.5) is 0 Å². The maximum absolute atomic E-state index is 12.3. The number of rotatable bonds is 7. The molecule has 4 rings (SSSR count). The summed E-state index contributed by atoms with van der Waals surface area (Å²) in [4.78, 5) is 16.4. The van der Waals surface area contributed by atoms with Crippen LogP contribution >= 0.6 is 11.8 Å². The van der Waals surface area contributed by atoms with Gasteiger partial charge in [-0.15, -0.1) is 10.2 Å². The molecule has 1 N–H and O–H groups in total. The first-order chi connectivity index (χ1) is 16.4. The highest BCUT2D eigenvalue weighted by Crippen LogP contribution is 2.30. The van der Waals surface area contributed by atoms with E-state index in [1.54, 1.807) is 18.6 Å². The summed E-state index contributed by atoms with van der Waals surface area (Å²) in [5, 5.41) is 13.5. The van der Waals surface area contributed by atoms with Crippen LogP contribution in [0.25, 0.3) is 17.1 Å². The fourth-order valence-corrected chi connectivity index (χ4v) is 4.02. The summed E-state index contributed by atoms with van der Waals surface area (Å²) in [6.07, 6.45) is 4.91. The van der Waals surface area contributed by atoms with Gasteiger partial charge >= 0.3 is 0 Å². The molecule has 4 aromatic rings. The highest BCUT2D eigenvalue weighted by atomic mass is 32.2. The Morgan fingerprint density at radius 1 is 1.03 bits per heavy atom.